The van der Waals surface area contributed by atoms with Crippen molar-refractivity contribution in [1.82, 2.24) is 15.2 Å². The molecule has 1 aromatic heterocycles. The Hall–Kier alpha value is -2.95. The van der Waals surface area contributed by atoms with Crippen molar-refractivity contribution < 1.29 is 9.90 Å². The van der Waals surface area contributed by atoms with Crippen LogP contribution in [0.25, 0.3) is 11.1 Å². The van der Waals surface area contributed by atoms with E-state index in [1.165, 1.54) is 6.33 Å². The minimum Gasteiger partial charge on any atom is -0.478 e. The normalized spacial score (nSPS) is 10.5. The molecule has 3 rings (SSSR count). The van der Waals surface area contributed by atoms with Crippen LogP contribution >= 0.6 is 0 Å². The molecule has 1 heterocycles. The van der Waals surface area contributed by atoms with Crippen molar-refractivity contribution in [2.75, 3.05) is 0 Å². The fourth-order valence-electron chi connectivity index (χ4n) is 2.23. The summed E-state index contributed by atoms with van der Waals surface area (Å²) in [4.78, 5) is 15.3. The summed E-state index contributed by atoms with van der Waals surface area (Å²) in [7, 11) is 0. The number of aromatic nitrogens is 3. The topological polar surface area (TPSA) is 78.9 Å². The number of carboxylic acid groups (broad SMARTS) is 1. The maximum absolute atomic E-state index is 11.3. The maximum atomic E-state index is 11.3. The molecule has 104 valence electrons. The summed E-state index contributed by atoms with van der Waals surface area (Å²) in [6.07, 6.45) is 2.15. The summed E-state index contributed by atoms with van der Waals surface area (Å²) < 4.78 is 0. The molecule has 0 bridgehead atoms. The minimum atomic E-state index is -0.920. The van der Waals surface area contributed by atoms with Gasteiger partial charge in [0.2, 0.25) is 0 Å². The average Bonchev–Trinajstić information content (AvgIpc) is 3.01. The van der Waals surface area contributed by atoms with Gasteiger partial charge in [-0.25, -0.2) is 9.78 Å². The van der Waals surface area contributed by atoms with Crippen LogP contribution in [0.3, 0.4) is 0 Å². The molecule has 0 saturated heterocycles. The van der Waals surface area contributed by atoms with Crippen molar-refractivity contribution in [1.29, 1.82) is 0 Å². The number of hydrogen-bond donors (Lipinski definition) is 2. The zero-order chi connectivity index (χ0) is 14.7. The monoisotopic (exact) mass is 279 g/mol. The third-order valence-electron chi connectivity index (χ3n) is 3.26. The lowest BCUT2D eigenvalue weighted by atomic mass is 9.98. The minimum absolute atomic E-state index is 0.306. The quantitative estimate of drug-likeness (QED) is 0.769. The van der Waals surface area contributed by atoms with Crippen LogP contribution in [-0.2, 0) is 6.42 Å². The Morgan fingerprint density at radius 2 is 1.86 bits per heavy atom. The van der Waals surface area contributed by atoms with Crippen molar-refractivity contribution in [3.63, 3.8) is 0 Å². The number of nitrogens with zero attached hydrogens (tertiary/aromatic N) is 2. The third-order valence-corrected chi connectivity index (χ3v) is 3.26. The smallest absolute Gasteiger partial charge is 0.336 e. The number of carboxylic acids is 1. The van der Waals surface area contributed by atoms with Gasteiger partial charge < -0.3 is 5.11 Å². The van der Waals surface area contributed by atoms with Gasteiger partial charge >= 0.3 is 5.97 Å². The van der Waals surface area contributed by atoms with Crippen LogP contribution in [0.2, 0.25) is 0 Å². The molecule has 2 N–H and O–H groups in total. The van der Waals surface area contributed by atoms with Gasteiger partial charge in [0.1, 0.15) is 12.2 Å². The second kappa shape index (κ2) is 5.58. The van der Waals surface area contributed by atoms with E-state index in [1.807, 2.05) is 36.4 Å². The van der Waals surface area contributed by atoms with Crippen molar-refractivity contribution in [3.8, 4) is 11.1 Å². The van der Waals surface area contributed by atoms with Gasteiger partial charge in [0.25, 0.3) is 0 Å². The maximum Gasteiger partial charge on any atom is 0.336 e. The zero-order valence-corrected chi connectivity index (χ0v) is 11.2. The van der Waals surface area contributed by atoms with Crippen LogP contribution in [0.15, 0.2) is 54.9 Å². The number of carbonyl (C=O) groups is 1. The Balaban J connectivity index is 1.89. The van der Waals surface area contributed by atoms with Gasteiger partial charge in [-0.3, -0.25) is 5.10 Å². The van der Waals surface area contributed by atoms with Crippen LogP contribution in [0.1, 0.15) is 21.7 Å². The molecule has 0 aliphatic carbocycles. The van der Waals surface area contributed by atoms with E-state index < -0.39 is 5.97 Å². The summed E-state index contributed by atoms with van der Waals surface area (Å²) in [6.45, 7) is 0. The van der Waals surface area contributed by atoms with E-state index in [1.54, 1.807) is 12.1 Å². The lowest BCUT2D eigenvalue weighted by Crippen LogP contribution is -1.99. The van der Waals surface area contributed by atoms with E-state index in [0.717, 1.165) is 22.5 Å². The molecular formula is C16H13N3O2. The predicted molar refractivity (Wildman–Crippen MR) is 78.0 cm³/mol. The highest BCUT2D eigenvalue weighted by Crippen LogP contribution is 2.24. The molecule has 0 amide bonds. The summed E-state index contributed by atoms with van der Waals surface area (Å²) in [5.41, 5.74) is 2.99. The molecule has 0 aliphatic rings. The Kier molecular flexibility index (Phi) is 3.47. The molecule has 5 nitrogen and oxygen atoms in total. The molecule has 0 unspecified atom stereocenters. The first-order valence-electron chi connectivity index (χ1n) is 6.50. The van der Waals surface area contributed by atoms with Gasteiger partial charge in [0, 0.05) is 6.42 Å². The summed E-state index contributed by atoms with van der Waals surface area (Å²) in [5.74, 6) is -0.120. The van der Waals surface area contributed by atoms with E-state index in [-0.39, 0.29) is 0 Å². The first kappa shape index (κ1) is 13.1. The highest BCUT2D eigenvalue weighted by molar-refractivity contribution is 5.95. The molecular weight excluding hydrogens is 266 g/mol. The van der Waals surface area contributed by atoms with E-state index in [0.29, 0.717) is 12.0 Å². The standard InChI is InChI=1S/C16H13N3O2/c20-16(21)14-4-2-1-3-13(14)12-7-5-11(6-8-12)9-15-17-10-18-19-15/h1-8,10H,9H2,(H,20,21)(H,17,18,19). The van der Waals surface area contributed by atoms with Crippen LogP contribution in [0, 0.1) is 0 Å². The first-order valence-corrected chi connectivity index (χ1v) is 6.50. The Bertz CT molecular complexity index is 749. The predicted octanol–water partition coefficient (Wildman–Crippen LogP) is 2.76. The summed E-state index contributed by atoms with van der Waals surface area (Å²) in [6, 6.07) is 14.8. The van der Waals surface area contributed by atoms with Crippen molar-refractivity contribution in [2.24, 2.45) is 0 Å². The molecule has 0 saturated carbocycles. The summed E-state index contributed by atoms with van der Waals surface area (Å²) >= 11 is 0. The highest BCUT2D eigenvalue weighted by atomic mass is 16.4. The number of H-pyrrole nitrogens is 1. The van der Waals surface area contributed by atoms with Gasteiger partial charge in [-0.2, -0.15) is 5.10 Å². The number of hydrogen-bond acceptors (Lipinski definition) is 3. The average molecular weight is 279 g/mol. The van der Waals surface area contributed by atoms with Gasteiger partial charge in [-0.15, -0.1) is 0 Å². The van der Waals surface area contributed by atoms with E-state index in [2.05, 4.69) is 15.2 Å². The molecule has 5 heteroatoms. The fraction of sp³-hybridized carbons (Fsp3) is 0.0625. The van der Waals surface area contributed by atoms with Gasteiger partial charge in [0.05, 0.1) is 5.56 Å². The van der Waals surface area contributed by atoms with Crippen LogP contribution in [0.5, 0.6) is 0 Å². The Labute approximate surface area is 121 Å². The number of aromatic amines is 1. The first-order chi connectivity index (χ1) is 10.2. The van der Waals surface area contributed by atoms with Gasteiger partial charge in [-0.1, -0.05) is 42.5 Å². The van der Waals surface area contributed by atoms with E-state index in [4.69, 9.17) is 0 Å². The van der Waals surface area contributed by atoms with Crippen molar-refractivity contribution >= 4 is 5.97 Å². The third kappa shape index (κ3) is 2.81. The van der Waals surface area contributed by atoms with Crippen molar-refractivity contribution in [3.05, 3.63) is 71.8 Å². The van der Waals surface area contributed by atoms with E-state index >= 15 is 0 Å². The molecule has 0 atom stereocenters. The van der Waals surface area contributed by atoms with Gasteiger partial charge in [-0.05, 0) is 22.8 Å². The van der Waals surface area contributed by atoms with Crippen LogP contribution in [-0.4, -0.2) is 26.3 Å². The highest BCUT2D eigenvalue weighted by Gasteiger charge is 2.10. The lowest BCUT2D eigenvalue weighted by molar-refractivity contribution is 0.0697. The van der Waals surface area contributed by atoms with Crippen LogP contribution < -0.4 is 0 Å². The Morgan fingerprint density at radius 1 is 1.10 bits per heavy atom. The lowest BCUT2D eigenvalue weighted by Gasteiger charge is -2.07. The molecule has 0 fully saturated rings. The second-order valence-electron chi connectivity index (χ2n) is 4.66. The molecule has 0 aliphatic heterocycles. The number of rotatable bonds is 4. The second-order valence-corrected chi connectivity index (χ2v) is 4.66. The molecule has 2 aromatic carbocycles. The fourth-order valence-corrected chi connectivity index (χ4v) is 2.23. The summed E-state index contributed by atoms with van der Waals surface area (Å²) in [5, 5.41) is 15.9. The Morgan fingerprint density at radius 3 is 2.52 bits per heavy atom. The van der Waals surface area contributed by atoms with Crippen molar-refractivity contribution in [2.45, 2.75) is 6.42 Å². The molecule has 0 radical (unpaired) electrons. The molecule has 0 spiro atoms. The number of benzene rings is 2. The largest absolute Gasteiger partial charge is 0.478 e. The van der Waals surface area contributed by atoms with Crippen LogP contribution in [0.4, 0.5) is 0 Å². The number of aromatic carboxylic acids is 1. The number of nitrogens with one attached hydrogen (secondary N) is 1. The SMILES string of the molecule is O=C(O)c1ccccc1-c1ccc(Cc2ncn[nH]2)cc1. The van der Waals surface area contributed by atoms with E-state index in [9.17, 15) is 9.90 Å². The molecule has 21 heavy (non-hydrogen) atoms. The van der Waals surface area contributed by atoms with Gasteiger partial charge in [0.15, 0.2) is 0 Å². The molecule has 3 aromatic rings. The zero-order valence-electron chi connectivity index (χ0n) is 11.2.